The second-order valence-electron chi connectivity index (χ2n) is 9.73. The first-order valence-corrected chi connectivity index (χ1v) is 13.6. The Bertz CT molecular complexity index is 789. The number of carbonyl (C=O) groups is 2. The van der Waals surface area contributed by atoms with Gasteiger partial charge in [-0.1, -0.05) is 44.2 Å². The van der Waals surface area contributed by atoms with Gasteiger partial charge in [0.2, 0.25) is 0 Å². The van der Waals surface area contributed by atoms with Crippen LogP contribution in [0.15, 0.2) is 30.3 Å². The van der Waals surface area contributed by atoms with E-state index in [0.29, 0.717) is 39.1 Å². The maximum absolute atomic E-state index is 13.5. The number of nitrogens with one attached hydrogen (secondary N) is 1. The van der Waals surface area contributed by atoms with E-state index in [-0.39, 0.29) is 29.8 Å². The third-order valence-corrected chi connectivity index (χ3v) is 6.96. The number of amides is 1. The Kier molecular flexibility index (Phi) is 14.3. The Morgan fingerprint density at radius 2 is 1.95 bits per heavy atom. The summed E-state index contributed by atoms with van der Waals surface area (Å²) in [6.45, 7) is 8.20. The molecule has 1 saturated heterocycles. The number of hydrogen-bond donors (Lipinski definition) is 2. The highest BCUT2D eigenvalue weighted by Crippen LogP contribution is 2.27. The molecule has 1 aliphatic rings. The highest BCUT2D eigenvalue weighted by atomic mass is 16.7. The number of methoxy groups -OCH3 is 2. The molecule has 37 heavy (non-hydrogen) atoms. The monoisotopic (exact) mass is 521 g/mol. The highest BCUT2D eigenvalue weighted by molar-refractivity contribution is 5.81. The highest BCUT2D eigenvalue weighted by Gasteiger charge is 2.39. The number of aliphatic hydroxyl groups is 1. The van der Waals surface area contributed by atoms with Crippen molar-refractivity contribution >= 4 is 11.7 Å². The number of benzene rings is 1. The number of likely N-dealkylation sites (tertiary alicyclic amines) is 1. The zero-order chi connectivity index (χ0) is 27.2. The Morgan fingerprint density at radius 3 is 2.57 bits per heavy atom. The minimum atomic E-state index is -1.00. The molecule has 1 aromatic rings. The average molecular weight is 522 g/mol. The molecule has 2 N–H and O–H groups in total. The zero-order valence-electron chi connectivity index (χ0n) is 23.2. The van der Waals surface area contributed by atoms with Crippen molar-refractivity contribution in [2.45, 2.75) is 77.3 Å². The van der Waals surface area contributed by atoms with Crippen molar-refractivity contribution < 1.29 is 29.0 Å². The number of carbonyl (C=O) groups excluding carboxylic acids is 2. The predicted molar refractivity (Wildman–Crippen MR) is 143 cm³/mol. The molecule has 0 aromatic heterocycles. The molecule has 1 heterocycles. The van der Waals surface area contributed by atoms with Crippen LogP contribution in [-0.4, -0.2) is 98.2 Å². The summed E-state index contributed by atoms with van der Waals surface area (Å²) in [6.07, 6.45) is 2.09. The van der Waals surface area contributed by atoms with Gasteiger partial charge in [-0.2, -0.15) is 0 Å². The van der Waals surface area contributed by atoms with Crippen molar-refractivity contribution in [1.29, 1.82) is 0 Å². The van der Waals surface area contributed by atoms with E-state index in [2.05, 4.69) is 10.2 Å². The third kappa shape index (κ3) is 9.74. The number of ether oxygens (including phenoxy) is 2. The smallest absolute Gasteiger partial charge is 0.263 e. The van der Waals surface area contributed by atoms with E-state index in [1.807, 2.05) is 51.1 Å². The van der Waals surface area contributed by atoms with E-state index in [0.717, 1.165) is 31.4 Å². The van der Waals surface area contributed by atoms with Crippen LogP contribution in [0, 0.1) is 5.92 Å². The lowest BCUT2D eigenvalue weighted by Crippen LogP contribution is -2.56. The lowest BCUT2D eigenvalue weighted by Gasteiger charge is -2.37. The van der Waals surface area contributed by atoms with Crippen LogP contribution in [0.2, 0.25) is 0 Å². The summed E-state index contributed by atoms with van der Waals surface area (Å²) in [5, 5.41) is 15.9. The average Bonchev–Trinajstić information content (AvgIpc) is 3.34. The molecule has 9 heteroatoms. The Hall–Kier alpha value is -1.88. The molecule has 0 bridgehead atoms. The summed E-state index contributed by atoms with van der Waals surface area (Å²) in [5.74, 6) is -0.406. The molecule has 1 amide bonds. The zero-order valence-corrected chi connectivity index (χ0v) is 23.2. The van der Waals surface area contributed by atoms with Gasteiger partial charge in [0.1, 0.15) is 12.0 Å². The van der Waals surface area contributed by atoms with Crippen molar-refractivity contribution in [3.05, 3.63) is 35.9 Å². The topological polar surface area (TPSA) is 101 Å². The van der Waals surface area contributed by atoms with Gasteiger partial charge in [-0.15, -0.1) is 0 Å². The number of Topliss-reactive ketones (excluding diaryl/α,β-unsaturated/α-hetero) is 1. The molecule has 1 aromatic carbocycles. The predicted octanol–water partition coefficient (Wildman–Crippen LogP) is 2.42. The van der Waals surface area contributed by atoms with Gasteiger partial charge in [0, 0.05) is 39.1 Å². The van der Waals surface area contributed by atoms with Crippen molar-refractivity contribution in [2.24, 2.45) is 5.92 Å². The number of hydrogen-bond acceptors (Lipinski definition) is 8. The van der Waals surface area contributed by atoms with E-state index < -0.39 is 12.3 Å². The van der Waals surface area contributed by atoms with E-state index in [1.165, 1.54) is 5.06 Å². The Balaban J connectivity index is 2.15. The summed E-state index contributed by atoms with van der Waals surface area (Å²) in [6, 6.07) is 9.08. The van der Waals surface area contributed by atoms with Crippen LogP contribution in [-0.2, 0) is 30.3 Å². The van der Waals surface area contributed by atoms with Gasteiger partial charge in [0.25, 0.3) is 5.91 Å². The van der Waals surface area contributed by atoms with Crippen LogP contribution in [0.5, 0.6) is 0 Å². The van der Waals surface area contributed by atoms with E-state index in [4.69, 9.17) is 14.3 Å². The molecule has 210 valence electrons. The number of nitrogens with zero attached hydrogens (tertiary/aromatic N) is 2. The van der Waals surface area contributed by atoms with E-state index in [1.54, 1.807) is 14.2 Å². The van der Waals surface area contributed by atoms with Gasteiger partial charge >= 0.3 is 0 Å². The summed E-state index contributed by atoms with van der Waals surface area (Å²) in [5.41, 5.74) is 0.987. The molecule has 9 nitrogen and oxygen atoms in total. The second kappa shape index (κ2) is 16.9. The van der Waals surface area contributed by atoms with E-state index in [9.17, 15) is 14.7 Å². The van der Waals surface area contributed by atoms with Crippen LogP contribution in [0.1, 0.15) is 52.0 Å². The van der Waals surface area contributed by atoms with E-state index >= 15 is 0 Å². The van der Waals surface area contributed by atoms with Gasteiger partial charge in [0.15, 0.2) is 0 Å². The normalized spacial score (nSPS) is 19.4. The number of aliphatic hydroxyl groups excluding tert-OH is 1. The summed E-state index contributed by atoms with van der Waals surface area (Å²) >= 11 is 0. The Labute approximate surface area is 222 Å². The minimum absolute atomic E-state index is 0.00577. The summed E-state index contributed by atoms with van der Waals surface area (Å²) in [4.78, 5) is 33.7. The van der Waals surface area contributed by atoms with Crippen molar-refractivity contribution in [2.75, 3.05) is 47.1 Å². The second-order valence-corrected chi connectivity index (χ2v) is 9.73. The third-order valence-electron chi connectivity index (χ3n) is 6.96. The van der Waals surface area contributed by atoms with Crippen LogP contribution in [0.3, 0.4) is 0 Å². The van der Waals surface area contributed by atoms with Gasteiger partial charge in [-0.3, -0.25) is 24.6 Å². The fourth-order valence-corrected chi connectivity index (χ4v) is 5.04. The maximum Gasteiger partial charge on any atom is 0.263 e. The molecule has 2 rings (SSSR count). The maximum atomic E-state index is 13.5. The molecule has 5 atom stereocenters. The van der Waals surface area contributed by atoms with Gasteiger partial charge in [0.05, 0.1) is 31.9 Å². The SMILES string of the molecule is CCCN(OCC)C(=O)[C@H](Cc1ccccc1)NC(O)[C@H](C)[C@@H](OC)[C@@H]1CCCN1CC(=O)CCOC. The van der Waals surface area contributed by atoms with Crippen molar-refractivity contribution in [3.63, 3.8) is 0 Å². The molecule has 1 aliphatic heterocycles. The quantitative estimate of drug-likeness (QED) is 0.224. The first kappa shape index (κ1) is 31.3. The number of rotatable bonds is 18. The largest absolute Gasteiger partial charge is 0.384 e. The molecule has 1 fully saturated rings. The fraction of sp³-hybridized carbons (Fsp3) is 0.714. The summed E-state index contributed by atoms with van der Waals surface area (Å²) < 4.78 is 10.9. The van der Waals surface area contributed by atoms with Crippen molar-refractivity contribution in [3.8, 4) is 0 Å². The first-order chi connectivity index (χ1) is 17.9. The van der Waals surface area contributed by atoms with Gasteiger partial charge < -0.3 is 14.6 Å². The molecule has 0 radical (unpaired) electrons. The lowest BCUT2D eigenvalue weighted by atomic mass is 9.93. The molecular weight excluding hydrogens is 474 g/mol. The van der Waals surface area contributed by atoms with Crippen LogP contribution in [0.4, 0.5) is 0 Å². The van der Waals surface area contributed by atoms with Crippen LogP contribution < -0.4 is 5.32 Å². The summed E-state index contributed by atoms with van der Waals surface area (Å²) in [7, 11) is 3.23. The van der Waals surface area contributed by atoms with Crippen LogP contribution >= 0.6 is 0 Å². The standard InChI is InChI=1S/C28H47N3O6/c1-6-16-31(37-7-2)28(34)24(19-22-12-9-8-10-13-22)29-27(33)21(3)26(36-5)25-14-11-17-30(25)20-23(32)15-18-35-4/h8-10,12-13,21,24-27,29,33H,6-7,11,14-20H2,1-5H3/t21-,24+,25+,26-,27?/m1/s1. The van der Waals surface area contributed by atoms with Gasteiger partial charge in [-0.05, 0) is 44.7 Å². The lowest BCUT2D eigenvalue weighted by molar-refractivity contribution is -0.188. The van der Waals surface area contributed by atoms with Crippen LogP contribution in [0.25, 0.3) is 0 Å². The molecule has 0 spiro atoms. The number of ketones is 1. The molecule has 0 aliphatic carbocycles. The fourth-order valence-electron chi connectivity index (χ4n) is 5.04. The molecule has 0 saturated carbocycles. The van der Waals surface area contributed by atoms with Gasteiger partial charge in [-0.25, -0.2) is 5.06 Å². The number of hydroxylamine groups is 2. The minimum Gasteiger partial charge on any atom is -0.384 e. The molecular formula is C28H47N3O6. The molecule has 1 unspecified atom stereocenters. The first-order valence-electron chi connectivity index (χ1n) is 13.6. The Morgan fingerprint density at radius 1 is 1.22 bits per heavy atom. The van der Waals surface area contributed by atoms with Crippen molar-refractivity contribution in [1.82, 2.24) is 15.3 Å².